The van der Waals surface area contributed by atoms with Crippen molar-refractivity contribution < 1.29 is 9.13 Å². The van der Waals surface area contributed by atoms with Crippen LogP contribution in [0.25, 0.3) is 0 Å². The molecule has 0 saturated carbocycles. The van der Waals surface area contributed by atoms with Crippen molar-refractivity contribution in [3.8, 4) is 5.75 Å². The lowest BCUT2D eigenvalue weighted by Crippen LogP contribution is -2.13. The molecular weight excluding hydrogens is 309 g/mol. The number of rotatable bonds is 2. The molecule has 0 bridgehead atoms. The largest absolute Gasteiger partial charge is 0.493 e. The molecule has 98 valence electrons. The zero-order chi connectivity index (χ0) is 13.4. The van der Waals surface area contributed by atoms with E-state index in [1.165, 1.54) is 17.7 Å². The third kappa shape index (κ3) is 2.38. The SMILES string of the molecule is NC(c1cc(F)cc(Br)c1)c1cccc2c1OCC2. The number of benzene rings is 2. The van der Waals surface area contributed by atoms with E-state index in [-0.39, 0.29) is 11.9 Å². The van der Waals surface area contributed by atoms with Gasteiger partial charge in [0.15, 0.2) is 0 Å². The van der Waals surface area contributed by atoms with Gasteiger partial charge in [0.2, 0.25) is 0 Å². The van der Waals surface area contributed by atoms with Crippen LogP contribution in [0.2, 0.25) is 0 Å². The standard InChI is InChI=1S/C15H13BrFNO/c16-11-6-10(7-12(17)8-11)14(18)13-3-1-2-9-4-5-19-15(9)13/h1-3,6-8,14H,4-5,18H2. The Morgan fingerprint density at radius 3 is 2.89 bits per heavy atom. The van der Waals surface area contributed by atoms with Crippen LogP contribution in [-0.2, 0) is 6.42 Å². The molecule has 0 amide bonds. The Balaban J connectivity index is 2.04. The van der Waals surface area contributed by atoms with Crippen LogP contribution in [0.1, 0.15) is 22.7 Å². The highest BCUT2D eigenvalue weighted by molar-refractivity contribution is 9.10. The summed E-state index contributed by atoms with van der Waals surface area (Å²) < 4.78 is 19.8. The predicted molar refractivity (Wildman–Crippen MR) is 75.8 cm³/mol. The van der Waals surface area contributed by atoms with Crippen LogP contribution in [0.15, 0.2) is 40.9 Å². The summed E-state index contributed by atoms with van der Waals surface area (Å²) in [4.78, 5) is 0. The van der Waals surface area contributed by atoms with E-state index >= 15 is 0 Å². The van der Waals surface area contributed by atoms with Crippen LogP contribution >= 0.6 is 15.9 Å². The molecule has 4 heteroatoms. The summed E-state index contributed by atoms with van der Waals surface area (Å²) in [6, 6.07) is 10.3. The van der Waals surface area contributed by atoms with Gasteiger partial charge in [-0.25, -0.2) is 4.39 Å². The molecule has 0 radical (unpaired) electrons. The van der Waals surface area contributed by atoms with Gasteiger partial charge in [-0.15, -0.1) is 0 Å². The maximum atomic E-state index is 13.5. The van der Waals surface area contributed by atoms with Gasteiger partial charge in [0, 0.05) is 16.5 Å². The molecule has 1 heterocycles. The molecule has 0 fully saturated rings. The number of fused-ring (bicyclic) bond motifs is 1. The highest BCUT2D eigenvalue weighted by atomic mass is 79.9. The Morgan fingerprint density at radius 1 is 1.26 bits per heavy atom. The van der Waals surface area contributed by atoms with Crippen molar-refractivity contribution in [3.63, 3.8) is 0 Å². The Kier molecular flexibility index (Phi) is 3.29. The lowest BCUT2D eigenvalue weighted by molar-refractivity contribution is 0.352. The Labute approximate surface area is 119 Å². The zero-order valence-corrected chi connectivity index (χ0v) is 11.8. The first kappa shape index (κ1) is 12.6. The molecule has 0 spiro atoms. The molecule has 2 N–H and O–H groups in total. The first-order chi connectivity index (χ1) is 9.15. The first-order valence-corrected chi connectivity index (χ1v) is 6.90. The van der Waals surface area contributed by atoms with E-state index in [0.29, 0.717) is 11.1 Å². The van der Waals surface area contributed by atoms with E-state index in [4.69, 9.17) is 10.5 Å². The molecule has 1 atom stereocenters. The summed E-state index contributed by atoms with van der Waals surface area (Å²) in [5, 5.41) is 0. The molecule has 1 aliphatic heterocycles. The Morgan fingerprint density at radius 2 is 2.11 bits per heavy atom. The Bertz CT molecular complexity index is 609. The smallest absolute Gasteiger partial charge is 0.127 e. The predicted octanol–water partition coefficient (Wildman–Crippen LogP) is 3.57. The van der Waals surface area contributed by atoms with Gasteiger partial charge in [0.25, 0.3) is 0 Å². The van der Waals surface area contributed by atoms with E-state index in [0.717, 1.165) is 23.3 Å². The van der Waals surface area contributed by atoms with Crippen molar-refractivity contribution in [3.05, 3.63) is 63.4 Å². The van der Waals surface area contributed by atoms with E-state index < -0.39 is 0 Å². The average Bonchev–Trinajstić information content (AvgIpc) is 2.84. The molecule has 2 aromatic carbocycles. The molecule has 2 nitrogen and oxygen atoms in total. The topological polar surface area (TPSA) is 35.2 Å². The summed E-state index contributed by atoms with van der Waals surface area (Å²) >= 11 is 3.29. The second-order valence-electron chi connectivity index (χ2n) is 4.61. The van der Waals surface area contributed by atoms with Crippen LogP contribution < -0.4 is 10.5 Å². The molecule has 2 aromatic rings. The molecule has 1 aliphatic rings. The van der Waals surface area contributed by atoms with Crippen LogP contribution in [0.3, 0.4) is 0 Å². The van der Waals surface area contributed by atoms with Crippen molar-refractivity contribution in [1.29, 1.82) is 0 Å². The number of ether oxygens (including phenoxy) is 1. The highest BCUT2D eigenvalue weighted by Gasteiger charge is 2.21. The molecular formula is C15H13BrFNO. The summed E-state index contributed by atoms with van der Waals surface area (Å²) in [6.07, 6.45) is 0.905. The molecule has 0 saturated heterocycles. The fourth-order valence-electron chi connectivity index (χ4n) is 2.42. The van der Waals surface area contributed by atoms with E-state index in [1.807, 2.05) is 24.3 Å². The van der Waals surface area contributed by atoms with Gasteiger partial charge in [0.1, 0.15) is 11.6 Å². The van der Waals surface area contributed by atoms with Gasteiger partial charge in [0.05, 0.1) is 12.6 Å². The third-order valence-corrected chi connectivity index (χ3v) is 3.78. The van der Waals surface area contributed by atoms with E-state index in [2.05, 4.69) is 15.9 Å². The molecule has 0 aromatic heterocycles. The molecule has 0 aliphatic carbocycles. The number of hydrogen-bond acceptors (Lipinski definition) is 2. The van der Waals surface area contributed by atoms with Crippen LogP contribution in [0, 0.1) is 5.82 Å². The minimum Gasteiger partial charge on any atom is -0.493 e. The summed E-state index contributed by atoms with van der Waals surface area (Å²) in [5.41, 5.74) is 9.07. The van der Waals surface area contributed by atoms with Crippen LogP contribution in [0.5, 0.6) is 5.75 Å². The van der Waals surface area contributed by atoms with Crippen LogP contribution in [0.4, 0.5) is 4.39 Å². The van der Waals surface area contributed by atoms with Gasteiger partial charge in [-0.2, -0.15) is 0 Å². The second-order valence-corrected chi connectivity index (χ2v) is 5.53. The Hall–Kier alpha value is -1.39. The zero-order valence-electron chi connectivity index (χ0n) is 10.2. The van der Waals surface area contributed by atoms with E-state index in [1.54, 1.807) is 0 Å². The summed E-state index contributed by atoms with van der Waals surface area (Å²) in [6.45, 7) is 0.686. The van der Waals surface area contributed by atoms with E-state index in [9.17, 15) is 4.39 Å². The quantitative estimate of drug-likeness (QED) is 0.917. The summed E-state index contributed by atoms with van der Waals surface area (Å²) in [5.74, 6) is 0.559. The molecule has 1 unspecified atom stereocenters. The maximum absolute atomic E-state index is 13.5. The fourth-order valence-corrected chi connectivity index (χ4v) is 2.90. The van der Waals surface area contributed by atoms with Crippen molar-refractivity contribution in [2.24, 2.45) is 5.73 Å². The number of halogens is 2. The minimum atomic E-state index is -0.389. The normalized spacial score (nSPS) is 14.9. The number of para-hydroxylation sites is 1. The third-order valence-electron chi connectivity index (χ3n) is 3.32. The monoisotopic (exact) mass is 321 g/mol. The van der Waals surface area contributed by atoms with Crippen LogP contribution in [-0.4, -0.2) is 6.61 Å². The average molecular weight is 322 g/mol. The lowest BCUT2D eigenvalue weighted by Gasteiger charge is -2.16. The fraction of sp³-hybridized carbons (Fsp3) is 0.200. The first-order valence-electron chi connectivity index (χ1n) is 6.11. The van der Waals surface area contributed by atoms with Gasteiger partial charge in [-0.05, 0) is 29.3 Å². The molecule has 19 heavy (non-hydrogen) atoms. The minimum absolute atomic E-state index is 0.298. The molecule has 3 rings (SSSR count). The highest BCUT2D eigenvalue weighted by Crippen LogP contribution is 2.35. The second kappa shape index (κ2) is 4.94. The number of hydrogen-bond donors (Lipinski definition) is 1. The van der Waals surface area contributed by atoms with Gasteiger partial charge < -0.3 is 10.5 Å². The van der Waals surface area contributed by atoms with Gasteiger partial charge >= 0.3 is 0 Å². The van der Waals surface area contributed by atoms with Crippen molar-refractivity contribution >= 4 is 15.9 Å². The van der Waals surface area contributed by atoms with Gasteiger partial charge in [-0.3, -0.25) is 0 Å². The maximum Gasteiger partial charge on any atom is 0.127 e. The number of nitrogens with two attached hydrogens (primary N) is 1. The van der Waals surface area contributed by atoms with Gasteiger partial charge in [-0.1, -0.05) is 34.1 Å². The lowest BCUT2D eigenvalue weighted by atomic mass is 9.96. The summed E-state index contributed by atoms with van der Waals surface area (Å²) in [7, 11) is 0. The van der Waals surface area contributed by atoms with Crippen molar-refractivity contribution in [2.45, 2.75) is 12.5 Å². The van der Waals surface area contributed by atoms with Crippen molar-refractivity contribution in [1.82, 2.24) is 0 Å². The van der Waals surface area contributed by atoms with Crippen molar-refractivity contribution in [2.75, 3.05) is 6.61 Å².